The summed E-state index contributed by atoms with van der Waals surface area (Å²) in [6, 6.07) is 3.52. The molecule has 0 spiro atoms. The van der Waals surface area contributed by atoms with Gasteiger partial charge in [0.15, 0.2) is 0 Å². The van der Waals surface area contributed by atoms with Crippen molar-refractivity contribution in [1.82, 2.24) is 14.8 Å². The predicted octanol–water partition coefficient (Wildman–Crippen LogP) is 3.27. The molecule has 1 atom stereocenters. The van der Waals surface area contributed by atoms with Gasteiger partial charge in [0.2, 0.25) is 5.91 Å². The van der Waals surface area contributed by atoms with E-state index >= 15 is 0 Å². The van der Waals surface area contributed by atoms with Crippen LogP contribution in [-0.2, 0) is 9.53 Å². The molecule has 2 saturated heterocycles. The molecule has 1 aromatic heterocycles. The summed E-state index contributed by atoms with van der Waals surface area (Å²) in [5.41, 5.74) is 7.04. The SMILES string of the molecule is CCCCC(C)(C)OC(=O)N1CCC(CC(N)C(=O)N2CCN(c3ccncc3)CC2)CC1. The summed E-state index contributed by atoms with van der Waals surface area (Å²) in [4.78, 5) is 35.5. The van der Waals surface area contributed by atoms with Crippen LogP contribution in [0.5, 0.6) is 0 Å². The Bertz CT molecular complexity index is 757. The van der Waals surface area contributed by atoms with Gasteiger partial charge in [0, 0.05) is 57.3 Å². The first-order chi connectivity index (χ1) is 15.8. The Morgan fingerprint density at radius 3 is 2.33 bits per heavy atom. The number of piperidine rings is 1. The highest BCUT2D eigenvalue weighted by Gasteiger charge is 2.32. The van der Waals surface area contributed by atoms with Gasteiger partial charge in [-0.1, -0.05) is 13.3 Å². The Kier molecular flexibility index (Phi) is 8.95. The number of unbranched alkanes of at least 4 members (excludes halogenated alkanes) is 1. The molecule has 8 heteroatoms. The Morgan fingerprint density at radius 2 is 1.73 bits per heavy atom. The van der Waals surface area contributed by atoms with E-state index in [0.717, 1.165) is 50.9 Å². The summed E-state index contributed by atoms with van der Waals surface area (Å²) in [6.07, 6.45) is 8.78. The quantitative estimate of drug-likeness (QED) is 0.642. The van der Waals surface area contributed by atoms with Crippen molar-refractivity contribution in [3.63, 3.8) is 0 Å². The number of aromatic nitrogens is 1. The van der Waals surface area contributed by atoms with Crippen molar-refractivity contribution in [2.24, 2.45) is 11.7 Å². The first-order valence-corrected chi connectivity index (χ1v) is 12.5. The normalized spacial score (nSPS) is 18.8. The second kappa shape index (κ2) is 11.7. The molecule has 184 valence electrons. The smallest absolute Gasteiger partial charge is 0.410 e. The maximum Gasteiger partial charge on any atom is 0.410 e. The molecular weight excluding hydrogens is 418 g/mol. The van der Waals surface area contributed by atoms with Gasteiger partial charge in [-0.2, -0.15) is 0 Å². The first-order valence-electron chi connectivity index (χ1n) is 12.5. The standard InChI is InChI=1S/C25H41N5O3/c1-4-5-10-25(2,3)33-24(32)30-13-8-20(9-14-30)19-22(26)23(31)29-17-15-28(16-18-29)21-6-11-27-12-7-21/h6-7,11-12,20,22H,4-5,8-10,13-19,26H2,1-3H3. The number of nitrogens with zero attached hydrogens (tertiary/aromatic N) is 4. The van der Waals surface area contributed by atoms with E-state index in [2.05, 4.69) is 16.8 Å². The summed E-state index contributed by atoms with van der Waals surface area (Å²) >= 11 is 0. The van der Waals surface area contributed by atoms with Gasteiger partial charge in [0.1, 0.15) is 5.60 Å². The molecule has 33 heavy (non-hydrogen) atoms. The van der Waals surface area contributed by atoms with E-state index in [0.29, 0.717) is 38.5 Å². The second-order valence-corrected chi connectivity index (χ2v) is 10.0. The van der Waals surface area contributed by atoms with Crippen molar-refractivity contribution in [3.8, 4) is 0 Å². The van der Waals surface area contributed by atoms with Crippen molar-refractivity contribution in [2.45, 2.75) is 70.9 Å². The van der Waals surface area contributed by atoms with Crippen molar-refractivity contribution >= 4 is 17.7 Å². The number of hydrogen-bond acceptors (Lipinski definition) is 6. The van der Waals surface area contributed by atoms with Crippen molar-refractivity contribution < 1.29 is 14.3 Å². The third kappa shape index (κ3) is 7.32. The summed E-state index contributed by atoms with van der Waals surface area (Å²) < 4.78 is 5.75. The molecule has 1 aromatic rings. The Labute approximate surface area is 198 Å². The maximum absolute atomic E-state index is 12.9. The number of anilines is 1. The van der Waals surface area contributed by atoms with Gasteiger partial charge in [-0.3, -0.25) is 9.78 Å². The van der Waals surface area contributed by atoms with Crippen LogP contribution in [0.3, 0.4) is 0 Å². The number of amides is 2. The molecule has 2 N–H and O–H groups in total. The summed E-state index contributed by atoms with van der Waals surface area (Å²) in [5.74, 6) is 0.406. The Balaban J connectivity index is 1.39. The van der Waals surface area contributed by atoms with Crippen LogP contribution >= 0.6 is 0 Å². The first kappa shape index (κ1) is 25.3. The van der Waals surface area contributed by atoms with E-state index < -0.39 is 11.6 Å². The predicted molar refractivity (Wildman–Crippen MR) is 130 cm³/mol. The molecule has 2 aliphatic heterocycles. The molecule has 0 aliphatic carbocycles. The molecule has 1 unspecified atom stereocenters. The third-order valence-electron chi connectivity index (χ3n) is 6.89. The molecule has 8 nitrogen and oxygen atoms in total. The van der Waals surface area contributed by atoms with Crippen molar-refractivity contribution in [2.75, 3.05) is 44.2 Å². The van der Waals surface area contributed by atoms with E-state index in [-0.39, 0.29) is 12.0 Å². The van der Waals surface area contributed by atoms with E-state index in [1.54, 1.807) is 17.3 Å². The largest absolute Gasteiger partial charge is 0.443 e. The lowest BCUT2D eigenvalue weighted by atomic mass is 9.90. The molecule has 0 aromatic carbocycles. The molecule has 3 rings (SSSR count). The zero-order valence-electron chi connectivity index (χ0n) is 20.5. The number of likely N-dealkylation sites (tertiary alicyclic amines) is 1. The zero-order valence-corrected chi connectivity index (χ0v) is 20.5. The van der Waals surface area contributed by atoms with E-state index in [1.807, 2.05) is 30.9 Å². The lowest BCUT2D eigenvalue weighted by Crippen LogP contribution is -2.53. The van der Waals surface area contributed by atoms with E-state index in [1.165, 1.54) is 0 Å². The van der Waals surface area contributed by atoms with Gasteiger partial charge >= 0.3 is 6.09 Å². The average molecular weight is 460 g/mol. The lowest BCUT2D eigenvalue weighted by Gasteiger charge is -2.38. The van der Waals surface area contributed by atoms with Gasteiger partial charge in [-0.15, -0.1) is 0 Å². The number of carbonyl (C=O) groups is 2. The number of hydrogen-bond donors (Lipinski definition) is 1. The number of carbonyl (C=O) groups excluding carboxylic acids is 2. The van der Waals surface area contributed by atoms with E-state index in [4.69, 9.17) is 10.5 Å². The van der Waals surface area contributed by atoms with Gasteiger partial charge in [0.25, 0.3) is 0 Å². The maximum atomic E-state index is 12.9. The van der Waals surface area contributed by atoms with Crippen LogP contribution in [0.25, 0.3) is 0 Å². The number of ether oxygens (including phenoxy) is 1. The summed E-state index contributed by atoms with van der Waals surface area (Å²) in [7, 11) is 0. The van der Waals surface area contributed by atoms with Crippen LogP contribution in [0, 0.1) is 5.92 Å². The van der Waals surface area contributed by atoms with Crippen LogP contribution in [0.4, 0.5) is 10.5 Å². The Morgan fingerprint density at radius 1 is 1.09 bits per heavy atom. The number of rotatable bonds is 8. The third-order valence-corrected chi connectivity index (χ3v) is 6.89. The summed E-state index contributed by atoms with van der Waals surface area (Å²) in [5, 5.41) is 0. The molecule has 2 amide bonds. The highest BCUT2D eigenvalue weighted by molar-refractivity contribution is 5.82. The van der Waals surface area contributed by atoms with Crippen molar-refractivity contribution in [3.05, 3.63) is 24.5 Å². The Hall–Kier alpha value is -2.35. The highest BCUT2D eigenvalue weighted by atomic mass is 16.6. The molecular formula is C25H41N5O3. The van der Waals surface area contributed by atoms with E-state index in [9.17, 15) is 9.59 Å². The second-order valence-electron chi connectivity index (χ2n) is 10.0. The monoisotopic (exact) mass is 459 g/mol. The molecule has 2 fully saturated rings. The van der Waals surface area contributed by atoms with Gasteiger partial charge in [0.05, 0.1) is 6.04 Å². The minimum atomic E-state index is -0.478. The lowest BCUT2D eigenvalue weighted by molar-refractivity contribution is -0.133. The minimum absolute atomic E-state index is 0.0453. The zero-order chi connectivity index (χ0) is 23.8. The van der Waals surface area contributed by atoms with Crippen LogP contribution in [0.1, 0.15) is 59.3 Å². The molecule has 0 saturated carbocycles. The summed E-state index contributed by atoms with van der Waals surface area (Å²) in [6.45, 7) is 10.4. The topological polar surface area (TPSA) is 92.0 Å². The van der Waals surface area contributed by atoms with Gasteiger partial charge in [-0.05, 0) is 64.0 Å². The fourth-order valence-electron chi connectivity index (χ4n) is 4.74. The van der Waals surface area contributed by atoms with Crippen LogP contribution in [0.2, 0.25) is 0 Å². The van der Waals surface area contributed by atoms with Crippen LogP contribution in [0.15, 0.2) is 24.5 Å². The molecule has 0 radical (unpaired) electrons. The molecule has 2 aliphatic rings. The fourth-order valence-corrected chi connectivity index (χ4v) is 4.74. The van der Waals surface area contributed by atoms with Crippen LogP contribution in [-0.4, -0.2) is 77.7 Å². The highest BCUT2D eigenvalue weighted by Crippen LogP contribution is 2.25. The number of piperazine rings is 1. The fraction of sp³-hybridized carbons (Fsp3) is 0.720. The van der Waals surface area contributed by atoms with Gasteiger partial charge < -0.3 is 25.2 Å². The van der Waals surface area contributed by atoms with Crippen molar-refractivity contribution in [1.29, 1.82) is 0 Å². The number of pyridine rings is 1. The molecule has 3 heterocycles. The average Bonchev–Trinajstić information content (AvgIpc) is 2.83. The van der Waals surface area contributed by atoms with Crippen LogP contribution < -0.4 is 10.6 Å². The minimum Gasteiger partial charge on any atom is -0.443 e. The number of nitrogens with two attached hydrogens (primary N) is 1. The molecule has 0 bridgehead atoms. The van der Waals surface area contributed by atoms with Gasteiger partial charge in [-0.25, -0.2) is 4.79 Å².